The second-order valence-electron chi connectivity index (χ2n) is 12.9. The molecule has 0 N–H and O–H groups in total. The average Bonchev–Trinajstić information content (AvgIpc) is 3.69. The molecule has 244 valence electrons. The van der Waals surface area contributed by atoms with E-state index in [9.17, 15) is 14.4 Å². The van der Waals surface area contributed by atoms with E-state index < -0.39 is 5.60 Å². The molecule has 0 saturated carbocycles. The molecular formula is C37H41N5O5. The van der Waals surface area contributed by atoms with E-state index in [1.165, 1.54) is 0 Å². The van der Waals surface area contributed by atoms with Gasteiger partial charge in [0, 0.05) is 37.4 Å². The summed E-state index contributed by atoms with van der Waals surface area (Å²) in [6, 6.07) is 25.4. The molecule has 0 aliphatic carbocycles. The molecule has 3 amide bonds. The molecule has 1 saturated heterocycles. The van der Waals surface area contributed by atoms with E-state index in [4.69, 9.17) is 14.5 Å². The van der Waals surface area contributed by atoms with Gasteiger partial charge in [0.2, 0.25) is 0 Å². The lowest BCUT2D eigenvalue weighted by atomic mass is 10.0. The number of benzene rings is 3. The third kappa shape index (κ3) is 6.86. The maximum Gasteiger partial charge on any atom is 0.414 e. The summed E-state index contributed by atoms with van der Waals surface area (Å²) in [6.45, 7) is 9.22. The molecule has 10 heteroatoms. The van der Waals surface area contributed by atoms with Crippen LogP contribution in [0.1, 0.15) is 49.3 Å². The smallest absolute Gasteiger partial charge is 0.414 e. The van der Waals surface area contributed by atoms with Crippen molar-refractivity contribution in [3.8, 4) is 16.9 Å². The molecule has 0 bridgehead atoms. The highest BCUT2D eigenvalue weighted by Gasteiger charge is 2.37. The Balaban J connectivity index is 1.37. The minimum absolute atomic E-state index is 0.207. The average molecular weight is 636 g/mol. The van der Waals surface area contributed by atoms with Gasteiger partial charge < -0.3 is 19.3 Å². The maximum absolute atomic E-state index is 14.6. The van der Waals surface area contributed by atoms with Crippen LogP contribution in [-0.4, -0.2) is 81.9 Å². The lowest BCUT2D eigenvalue weighted by Gasteiger charge is -2.41. The number of carbonyl (C=O) groups excluding carboxylic acids is 3. The van der Waals surface area contributed by atoms with Gasteiger partial charge in [-0.25, -0.2) is 14.6 Å². The fourth-order valence-corrected chi connectivity index (χ4v) is 6.29. The second kappa shape index (κ2) is 13.3. The first-order valence-corrected chi connectivity index (χ1v) is 16.2. The van der Waals surface area contributed by atoms with Crippen LogP contribution in [0.2, 0.25) is 0 Å². The summed E-state index contributed by atoms with van der Waals surface area (Å²) >= 11 is 0. The number of aromatic nitrogens is 2. The van der Waals surface area contributed by atoms with Crippen molar-refractivity contribution >= 4 is 23.8 Å². The molecule has 1 atom stereocenters. The number of ether oxygens (including phenoxy) is 2. The van der Waals surface area contributed by atoms with Crippen molar-refractivity contribution in [3.05, 3.63) is 102 Å². The summed E-state index contributed by atoms with van der Waals surface area (Å²) in [5.41, 5.74) is 4.89. The SMILES string of the molecule is CCOC(=O)N1CCc2ccc(-n3cnc(C(=O)N4CCN(C(=O)OC(C)(C)C)C[C@H]4Cc4ccccc4)c3-c3ccccc3)cc21. The van der Waals surface area contributed by atoms with Gasteiger partial charge in [0.25, 0.3) is 5.91 Å². The fraction of sp³-hybridized carbons (Fsp3) is 0.351. The molecule has 3 aromatic carbocycles. The van der Waals surface area contributed by atoms with Crippen LogP contribution in [0, 0.1) is 0 Å². The van der Waals surface area contributed by atoms with Crippen LogP contribution in [0.25, 0.3) is 16.9 Å². The molecular weight excluding hydrogens is 594 g/mol. The lowest BCUT2D eigenvalue weighted by molar-refractivity contribution is 0.00429. The molecule has 1 fully saturated rings. The molecule has 6 rings (SSSR count). The van der Waals surface area contributed by atoms with Crippen LogP contribution in [0.4, 0.5) is 15.3 Å². The second-order valence-corrected chi connectivity index (χ2v) is 12.9. The number of rotatable bonds is 6. The number of imidazole rings is 1. The van der Waals surface area contributed by atoms with Crippen LogP contribution in [0.15, 0.2) is 85.2 Å². The molecule has 4 aromatic rings. The number of hydrogen-bond donors (Lipinski definition) is 0. The van der Waals surface area contributed by atoms with E-state index in [-0.39, 0.29) is 24.1 Å². The Morgan fingerprint density at radius 2 is 1.62 bits per heavy atom. The zero-order valence-corrected chi connectivity index (χ0v) is 27.4. The van der Waals surface area contributed by atoms with Gasteiger partial charge in [-0.3, -0.25) is 14.3 Å². The zero-order chi connectivity index (χ0) is 33.1. The predicted octanol–water partition coefficient (Wildman–Crippen LogP) is 6.36. The van der Waals surface area contributed by atoms with Gasteiger partial charge in [-0.15, -0.1) is 0 Å². The summed E-state index contributed by atoms with van der Waals surface area (Å²) in [7, 11) is 0. The van der Waals surface area contributed by atoms with Crippen molar-refractivity contribution in [1.29, 1.82) is 0 Å². The van der Waals surface area contributed by atoms with Crippen LogP contribution < -0.4 is 4.90 Å². The molecule has 47 heavy (non-hydrogen) atoms. The molecule has 0 spiro atoms. The summed E-state index contributed by atoms with van der Waals surface area (Å²) in [6.07, 6.45) is 2.23. The third-order valence-electron chi connectivity index (χ3n) is 8.46. The molecule has 2 aliphatic heterocycles. The Labute approximate surface area is 275 Å². The Morgan fingerprint density at radius 3 is 2.32 bits per heavy atom. The van der Waals surface area contributed by atoms with Crippen LogP contribution in [0.5, 0.6) is 0 Å². The molecule has 3 heterocycles. The number of carbonyl (C=O) groups is 3. The van der Waals surface area contributed by atoms with E-state index in [0.717, 1.165) is 34.5 Å². The minimum atomic E-state index is -0.624. The number of fused-ring (bicyclic) bond motifs is 1. The van der Waals surface area contributed by atoms with Crippen LogP contribution in [-0.2, 0) is 22.3 Å². The Kier molecular flexibility index (Phi) is 9.02. The topological polar surface area (TPSA) is 97.2 Å². The Bertz CT molecular complexity index is 1750. The largest absolute Gasteiger partial charge is 0.449 e. The van der Waals surface area contributed by atoms with Crippen LogP contribution in [0.3, 0.4) is 0 Å². The van der Waals surface area contributed by atoms with Gasteiger partial charge >= 0.3 is 12.2 Å². The summed E-state index contributed by atoms with van der Waals surface area (Å²) in [5.74, 6) is -0.207. The standard InChI is InChI=1S/C37H41N5O5/c1-5-46-36(45)41-19-18-27-16-17-29(23-31(27)41)42-25-38-32(33(42)28-14-10-7-11-15-28)34(43)40-21-20-39(35(44)47-37(2,3)4)24-30(40)22-26-12-8-6-9-13-26/h6-17,23,25,30H,5,18-22,24H2,1-4H3/t30-/m1/s1. The highest BCUT2D eigenvalue weighted by atomic mass is 16.6. The highest BCUT2D eigenvalue weighted by molar-refractivity contribution is 5.99. The van der Waals surface area contributed by atoms with Crippen molar-refractivity contribution in [2.24, 2.45) is 0 Å². The Morgan fingerprint density at radius 1 is 0.894 bits per heavy atom. The zero-order valence-electron chi connectivity index (χ0n) is 27.4. The van der Waals surface area contributed by atoms with Crippen LogP contribution >= 0.6 is 0 Å². The van der Waals surface area contributed by atoms with Crippen molar-refractivity contribution in [3.63, 3.8) is 0 Å². The molecule has 2 aliphatic rings. The number of nitrogens with zero attached hydrogens (tertiary/aromatic N) is 5. The minimum Gasteiger partial charge on any atom is -0.449 e. The summed E-state index contributed by atoms with van der Waals surface area (Å²) in [5, 5.41) is 0. The fourth-order valence-electron chi connectivity index (χ4n) is 6.29. The third-order valence-corrected chi connectivity index (χ3v) is 8.46. The van der Waals surface area contributed by atoms with E-state index in [1.807, 2.05) is 109 Å². The first-order valence-electron chi connectivity index (χ1n) is 16.2. The molecule has 0 radical (unpaired) electrons. The molecule has 1 aromatic heterocycles. The normalized spacial score (nSPS) is 16.2. The van der Waals surface area contributed by atoms with Gasteiger partial charge in [-0.1, -0.05) is 66.7 Å². The number of hydrogen-bond acceptors (Lipinski definition) is 6. The van der Waals surface area contributed by atoms with Gasteiger partial charge in [-0.05, 0) is 63.8 Å². The van der Waals surface area contributed by atoms with E-state index >= 15 is 0 Å². The predicted molar refractivity (Wildman–Crippen MR) is 180 cm³/mol. The van der Waals surface area contributed by atoms with Gasteiger partial charge in [0.1, 0.15) is 11.9 Å². The highest BCUT2D eigenvalue weighted by Crippen LogP contribution is 2.34. The lowest BCUT2D eigenvalue weighted by Crippen LogP contribution is -2.58. The van der Waals surface area contributed by atoms with Crippen molar-refractivity contribution in [2.45, 2.75) is 52.2 Å². The van der Waals surface area contributed by atoms with E-state index in [1.54, 1.807) is 23.1 Å². The van der Waals surface area contributed by atoms with E-state index in [2.05, 4.69) is 0 Å². The van der Waals surface area contributed by atoms with Crippen molar-refractivity contribution < 1.29 is 23.9 Å². The summed E-state index contributed by atoms with van der Waals surface area (Å²) < 4.78 is 12.9. The van der Waals surface area contributed by atoms with Crippen molar-refractivity contribution in [1.82, 2.24) is 19.4 Å². The van der Waals surface area contributed by atoms with Crippen molar-refractivity contribution in [2.75, 3.05) is 37.7 Å². The van der Waals surface area contributed by atoms with Gasteiger partial charge in [0.05, 0.1) is 24.0 Å². The molecule has 0 unspecified atom stereocenters. The quantitative estimate of drug-likeness (QED) is 0.245. The number of piperazine rings is 1. The number of amides is 3. The maximum atomic E-state index is 14.6. The first kappa shape index (κ1) is 31.8. The molecule has 10 nitrogen and oxygen atoms in total. The van der Waals surface area contributed by atoms with E-state index in [0.29, 0.717) is 50.6 Å². The van der Waals surface area contributed by atoms with Gasteiger partial charge in [0.15, 0.2) is 5.69 Å². The van der Waals surface area contributed by atoms with Gasteiger partial charge in [-0.2, -0.15) is 0 Å². The monoisotopic (exact) mass is 635 g/mol. The Hall–Kier alpha value is -5.12. The number of anilines is 1. The summed E-state index contributed by atoms with van der Waals surface area (Å²) in [4.78, 5) is 50.3. The first-order chi connectivity index (χ1) is 22.6.